The molecule has 7 heteroatoms. The average molecular weight is 462 g/mol. The minimum atomic E-state index is -0.964. The van der Waals surface area contributed by atoms with Gasteiger partial charge in [0, 0.05) is 6.42 Å². The summed E-state index contributed by atoms with van der Waals surface area (Å²) in [5.41, 5.74) is 2.95. The number of carboxylic acids is 1. The van der Waals surface area contributed by atoms with Gasteiger partial charge in [-0.3, -0.25) is 4.57 Å². The smallest absolute Gasteiger partial charge is 0.351 e. The maximum atomic E-state index is 13.3. The van der Waals surface area contributed by atoms with E-state index >= 15 is 0 Å². The number of benzene rings is 3. The Morgan fingerprint density at radius 3 is 2.39 bits per heavy atom. The Morgan fingerprint density at radius 1 is 1.00 bits per heavy atom. The van der Waals surface area contributed by atoms with Crippen molar-refractivity contribution in [1.82, 2.24) is 14.3 Å². The summed E-state index contributed by atoms with van der Waals surface area (Å²) in [4.78, 5) is 24.8. The molecular weight excluding hydrogens is 438 g/mol. The lowest BCUT2D eigenvalue weighted by Crippen LogP contribution is -2.25. The Labute approximate surface area is 196 Å². The Balaban J connectivity index is 1.68. The van der Waals surface area contributed by atoms with E-state index < -0.39 is 5.97 Å². The first kappa shape index (κ1) is 22.6. The summed E-state index contributed by atoms with van der Waals surface area (Å²) in [7, 11) is 0. The zero-order chi connectivity index (χ0) is 23.4. The Morgan fingerprint density at radius 2 is 1.70 bits per heavy atom. The minimum Gasteiger partial charge on any atom is -0.478 e. The summed E-state index contributed by atoms with van der Waals surface area (Å²) in [5.74, 6) is -0.254. The number of rotatable bonds is 8. The Hall–Kier alpha value is -3.64. The predicted octanol–water partition coefficient (Wildman–Crippen LogP) is 5.44. The highest BCUT2D eigenvalue weighted by atomic mass is 35.5. The molecule has 0 saturated heterocycles. The van der Waals surface area contributed by atoms with E-state index in [0.717, 1.165) is 24.0 Å². The van der Waals surface area contributed by atoms with Crippen LogP contribution in [0, 0.1) is 0 Å². The van der Waals surface area contributed by atoms with Crippen molar-refractivity contribution in [3.63, 3.8) is 0 Å². The molecule has 4 rings (SSSR count). The summed E-state index contributed by atoms with van der Waals surface area (Å²) in [6.45, 7) is 2.46. The predicted molar refractivity (Wildman–Crippen MR) is 129 cm³/mol. The van der Waals surface area contributed by atoms with Crippen LogP contribution in [0.3, 0.4) is 0 Å². The molecule has 1 N–H and O–H groups in total. The molecule has 0 unspecified atom stereocenters. The number of hydrogen-bond acceptors (Lipinski definition) is 3. The number of carboxylic acid groups (broad SMARTS) is 1. The maximum absolute atomic E-state index is 13.3. The van der Waals surface area contributed by atoms with Crippen LogP contribution in [0.1, 0.15) is 41.5 Å². The zero-order valence-corrected chi connectivity index (χ0v) is 19.0. The highest BCUT2D eigenvalue weighted by molar-refractivity contribution is 6.32. The van der Waals surface area contributed by atoms with Crippen molar-refractivity contribution in [2.45, 2.75) is 32.7 Å². The maximum Gasteiger partial charge on any atom is 0.351 e. The van der Waals surface area contributed by atoms with Gasteiger partial charge < -0.3 is 5.11 Å². The van der Waals surface area contributed by atoms with Crippen molar-refractivity contribution in [2.24, 2.45) is 0 Å². The molecule has 0 aliphatic heterocycles. The SMILES string of the molecule is CCCCc1nn(-c2ccccc2Cl)c(=O)n1Cc1ccc(-c2ccccc2C(=O)O)cc1. The molecule has 33 heavy (non-hydrogen) atoms. The van der Waals surface area contributed by atoms with Crippen LogP contribution >= 0.6 is 11.6 Å². The first-order valence-electron chi connectivity index (χ1n) is 10.8. The standard InChI is InChI=1S/C26H24ClN3O3/c1-2-3-12-24-28-30(23-11-7-6-10-22(23)27)26(33)29(24)17-18-13-15-19(16-14-18)20-8-4-5-9-21(20)25(31)32/h4-11,13-16H,2-3,12,17H2,1H3,(H,31,32). The molecule has 1 heterocycles. The van der Waals surface area contributed by atoms with Gasteiger partial charge >= 0.3 is 11.7 Å². The van der Waals surface area contributed by atoms with Crippen LogP contribution in [0.2, 0.25) is 5.02 Å². The Kier molecular flexibility index (Phi) is 6.75. The van der Waals surface area contributed by atoms with E-state index in [9.17, 15) is 14.7 Å². The molecule has 0 aliphatic carbocycles. The van der Waals surface area contributed by atoms with Gasteiger partial charge in [-0.05, 0) is 41.3 Å². The minimum absolute atomic E-state index is 0.241. The van der Waals surface area contributed by atoms with Gasteiger partial charge in [-0.2, -0.15) is 4.68 Å². The summed E-state index contributed by atoms with van der Waals surface area (Å²) >= 11 is 6.32. The fourth-order valence-corrected chi connectivity index (χ4v) is 4.01. The van der Waals surface area contributed by atoms with E-state index in [1.165, 1.54) is 4.68 Å². The number of halogens is 1. The van der Waals surface area contributed by atoms with Crippen LogP contribution in [-0.4, -0.2) is 25.4 Å². The van der Waals surface area contributed by atoms with Crippen LogP contribution in [0.25, 0.3) is 16.8 Å². The first-order valence-corrected chi connectivity index (χ1v) is 11.2. The van der Waals surface area contributed by atoms with Gasteiger partial charge in [-0.15, -0.1) is 5.10 Å². The van der Waals surface area contributed by atoms with Crippen molar-refractivity contribution in [3.8, 4) is 16.8 Å². The summed E-state index contributed by atoms with van der Waals surface area (Å²) in [5, 5.41) is 14.5. The number of carbonyl (C=O) groups is 1. The van der Waals surface area contributed by atoms with Crippen LogP contribution in [0.15, 0.2) is 77.6 Å². The molecule has 0 radical (unpaired) electrons. The molecule has 6 nitrogen and oxygen atoms in total. The molecule has 0 bridgehead atoms. The van der Waals surface area contributed by atoms with Gasteiger partial charge in [0.25, 0.3) is 0 Å². The lowest BCUT2D eigenvalue weighted by atomic mass is 9.99. The van der Waals surface area contributed by atoms with Crippen LogP contribution in [0.4, 0.5) is 0 Å². The quantitative estimate of drug-likeness (QED) is 0.379. The molecule has 0 atom stereocenters. The van der Waals surface area contributed by atoms with E-state index in [1.54, 1.807) is 34.9 Å². The second-order valence-corrected chi connectivity index (χ2v) is 8.21. The van der Waals surface area contributed by atoms with Crippen molar-refractivity contribution in [1.29, 1.82) is 0 Å². The van der Waals surface area contributed by atoms with E-state index in [2.05, 4.69) is 12.0 Å². The van der Waals surface area contributed by atoms with Gasteiger partial charge in [0.2, 0.25) is 0 Å². The van der Waals surface area contributed by atoms with Gasteiger partial charge in [0.15, 0.2) is 0 Å². The highest BCUT2D eigenvalue weighted by Gasteiger charge is 2.17. The van der Waals surface area contributed by atoms with Gasteiger partial charge in [-0.25, -0.2) is 9.59 Å². The number of para-hydroxylation sites is 1. The van der Waals surface area contributed by atoms with Gasteiger partial charge in [0.05, 0.1) is 22.8 Å². The third-order valence-corrected chi connectivity index (χ3v) is 5.86. The Bertz CT molecular complexity index is 1340. The molecule has 4 aromatic rings. The molecule has 1 aromatic heterocycles. The summed E-state index contributed by atoms with van der Waals surface area (Å²) in [6, 6.07) is 21.7. The second-order valence-electron chi connectivity index (χ2n) is 7.80. The summed E-state index contributed by atoms with van der Waals surface area (Å²) < 4.78 is 3.05. The number of nitrogens with zero attached hydrogens (tertiary/aromatic N) is 3. The first-order chi connectivity index (χ1) is 16.0. The van der Waals surface area contributed by atoms with Crippen LogP contribution < -0.4 is 5.69 Å². The van der Waals surface area contributed by atoms with Crippen molar-refractivity contribution < 1.29 is 9.90 Å². The van der Waals surface area contributed by atoms with Gasteiger partial charge in [-0.1, -0.05) is 79.5 Å². The molecule has 0 saturated carbocycles. The van der Waals surface area contributed by atoms with E-state index in [1.807, 2.05) is 42.5 Å². The van der Waals surface area contributed by atoms with Crippen molar-refractivity contribution in [2.75, 3.05) is 0 Å². The fourth-order valence-electron chi connectivity index (χ4n) is 3.79. The lowest BCUT2D eigenvalue weighted by Gasteiger charge is -2.09. The van der Waals surface area contributed by atoms with Crippen LogP contribution in [0.5, 0.6) is 0 Å². The third-order valence-electron chi connectivity index (χ3n) is 5.54. The average Bonchev–Trinajstić information content (AvgIpc) is 3.13. The monoisotopic (exact) mass is 461 g/mol. The lowest BCUT2D eigenvalue weighted by molar-refractivity contribution is 0.0697. The fraction of sp³-hybridized carbons (Fsp3) is 0.192. The van der Waals surface area contributed by atoms with Crippen molar-refractivity contribution >= 4 is 17.6 Å². The molecular formula is C26H24ClN3O3. The normalized spacial score (nSPS) is 11.0. The number of aromatic carboxylic acids is 1. The summed E-state index contributed by atoms with van der Waals surface area (Å²) in [6.07, 6.45) is 2.60. The third kappa shape index (κ3) is 4.76. The van der Waals surface area contributed by atoms with Crippen molar-refractivity contribution in [3.05, 3.63) is 105 Å². The topological polar surface area (TPSA) is 77.1 Å². The second kappa shape index (κ2) is 9.88. The number of aromatic nitrogens is 3. The van der Waals surface area contributed by atoms with E-state index in [0.29, 0.717) is 35.1 Å². The molecule has 168 valence electrons. The molecule has 3 aromatic carbocycles. The molecule has 0 amide bonds. The van der Waals surface area contributed by atoms with E-state index in [4.69, 9.17) is 11.6 Å². The number of unbranched alkanes of at least 4 members (excludes halogenated alkanes) is 1. The van der Waals surface area contributed by atoms with Gasteiger partial charge in [0.1, 0.15) is 5.82 Å². The molecule has 0 aliphatic rings. The molecule has 0 fully saturated rings. The molecule has 0 spiro atoms. The largest absolute Gasteiger partial charge is 0.478 e. The van der Waals surface area contributed by atoms with Crippen LogP contribution in [-0.2, 0) is 13.0 Å². The number of aryl methyl sites for hydroxylation is 1. The highest BCUT2D eigenvalue weighted by Crippen LogP contribution is 2.24. The van der Waals surface area contributed by atoms with E-state index in [-0.39, 0.29) is 11.3 Å². The number of hydrogen-bond donors (Lipinski definition) is 1. The zero-order valence-electron chi connectivity index (χ0n) is 18.2.